The van der Waals surface area contributed by atoms with Gasteiger partial charge in [0.15, 0.2) is 0 Å². The van der Waals surface area contributed by atoms with Crippen LogP contribution in [0.2, 0.25) is 0 Å². The van der Waals surface area contributed by atoms with Crippen LogP contribution in [0.1, 0.15) is 37.0 Å². The van der Waals surface area contributed by atoms with E-state index in [1.165, 1.54) is 11.6 Å². The largest absolute Gasteiger partial charge is 0.478 e. The van der Waals surface area contributed by atoms with Crippen molar-refractivity contribution in [2.45, 2.75) is 33.1 Å². The summed E-state index contributed by atoms with van der Waals surface area (Å²) in [5.74, 6) is -1.12. The van der Waals surface area contributed by atoms with Gasteiger partial charge in [0.2, 0.25) is 5.91 Å². The molecule has 0 unspecified atom stereocenters. The van der Waals surface area contributed by atoms with E-state index < -0.39 is 5.97 Å². The summed E-state index contributed by atoms with van der Waals surface area (Å²) in [5, 5.41) is 11.8. The molecule has 0 radical (unpaired) electrons. The standard InChI is InChI=1S/C23H25NO3/c1-17(2)8-9-19-10-13-21(20(16-19)12-15-23(26)27)24-22(25)14-11-18-6-4-3-5-7-18/h3-8,10,12-13,15-16H,9,11,14H2,1-2H3,(H,24,25)(H,26,27)/b15-12+. The summed E-state index contributed by atoms with van der Waals surface area (Å²) in [7, 11) is 0. The number of benzene rings is 2. The summed E-state index contributed by atoms with van der Waals surface area (Å²) >= 11 is 0. The summed E-state index contributed by atoms with van der Waals surface area (Å²) in [4.78, 5) is 23.2. The number of rotatable bonds is 8. The molecule has 0 aliphatic heterocycles. The molecule has 0 saturated carbocycles. The lowest BCUT2D eigenvalue weighted by atomic mass is 10.0. The van der Waals surface area contributed by atoms with Crippen LogP contribution in [0.15, 0.2) is 66.3 Å². The highest BCUT2D eigenvalue weighted by molar-refractivity contribution is 5.94. The van der Waals surface area contributed by atoms with Gasteiger partial charge < -0.3 is 10.4 Å². The number of nitrogens with one attached hydrogen (secondary N) is 1. The van der Waals surface area contributed by atoms with Gasteiger partial charge in [0, 0.05) is 18.2 Å². The first kappa shape index (κ1) is 20.2. The first-order valence-corrected chi connectivity index (χ1v) is 8.95. The maximum atomic E-state index is 12.3. The summed E-state index contributed by atoms with van der Waals surface area (Å²) in [6, 6.07) is 15.5. The number of hydrogen-bond donors (Lipinski definition) is 2. The third kappa shape index (κ3) is 7.32. The number of carboxylic acids is 1. The van der Waals surface area contributed by atoms with Crippen LogP contribution in [0.4, 0.5) is 5.69 Å². The fourth-order valence-electron chi connectivity index (χ4n) is 2.59. The van der Waals surface area contributed by atoms with Crippen molar-refractivity contribution in [3.05, 3.63) is 82.9 Å². The molecule has 0 heterocycles. The van der Waals surface area contributed by atoms with Crippen molar-refractivity contribution < 1.29 is 14.7 Å². The van der Waals surface area contributed by atoms with Crippen LogP contribution in [0.3, 0.4) is 0 Å². The minimum Gasteiger partial charge on any atom is -0.478 e. The van der Waals surface area contributed by atoms with Crippen molar-refractivity contribution >= 4 is 23.6 Å². The number of carboxylic acid groups (broad SMARTS) is 1. The van der Waals surface area contributed by atoms with Gasteiger partial charge in [-0.3, -0.25) is 4.79 Å². The van der Waals surface area contributed by atoms with Gasteiger partial charge in [0.1, 0.15) is 0 Å². The van der Waals surface area contributed by atoms with Gasteiger partial charge in [-0.25, -0.2) is 4.79 Å². The second-order valence-corrected chi connectivity index (χ2v) is 6.61. The second-order valence-electron chi connectivity index (χ2n) is 6.61. The maximum Gasteiger partial charge on any atom is 0.328 e. The van der Waals surface area contributed by atoms with Crippen LogP contribution in [0, 0.1) is 0 Å². The molecule has 0 spiro atoms. The Morgan fingerprint density at radius 3 is 2.44 bits per heavy atom. The molecule has 0 saturated heterocycles. The van der Waals surface area contributed by atoms with Crippen molar-refractivity contribution in [1.29, 1.82) is 0 Å². The van der Waals surface area contributed by atoms with Crippen molar-refractivity contribution in [3.8, 4) is 0 Å². The summed E-state index contributed by atoms with van der Waals surface area (Å²) < 4.78 is 0. The molecule has 1 amide bonds. The minimum absolute atomic E-state index is 0.0964. The Hall–Kier alpha value is -3.14. The molecule has 0 atom stereocenters. The van der Waals surface area contributed by atoms with E-state index in [0.717, 1.165) is 23.6 Å². The smallest absolute Gasteiger partial charge is 0.328 e. The molecule has 0 aliphatic rings. The Labute approximate surface area is 160 Å². The Bertz CT molecular complexity index is 847. The fraction of sp³-hybridized carbons (Fsp3) is 0.217. The van der Waals surface area contributed by atoms with E-state index in [-0.39, 0.29) is 5.91 Å². The van der Waals surface area contributed by atoms with E-state index in [1.807, 2.05) is 62.4 Å². The second kappa shape index (κ2) is 10.1. The topological polar surface area (TPSA) is 66.4 Å². The lowest BCUT2D eigenvalue weighted by molar-refractivity contribution is -0.131. The van der Waals surface area contributed by atoms with Gasteiger partial charge in [-0.05, 0) is 61.6 Å². The maximum absolute atomic E-state index is 12.3. The molecule has 2 N–H and O–H groups in total. The Morgan fingerprint density at radius 1 is 1.04 bits per heavy atom. The van der Waals surface area contributed by atoms with Crippen LogP contribution >= 0.6 is 0 Å². The molecule has 4 nitrogen and oxygen atoms in total. The van der Waals surface area contributed by atoms with E-state index in [4.69, 9.17) is 5.11 Å². The highest BCUT2D eigenvalue weighted by Gasteiger charge is 2.07. The minimum atomic E-state index is -1.02. The molecule has 2 rings (SSSR count). The molecule has 2 aromatic carbocycles. The third-order valence-corrected chi connectivity index (χ3v) is 4.03. The zero-order valence-corrected chi connectivity index (χ0v) is 15.7. The normalized spacial score (nSPS) is 10.6. The molecule has 140 valence electrons. The summed E-state index contributed by atoms with van der Waals surface area (Å²) in [6.45, 7) is 4.07. The molecule has 0 fully saturated rings. The third-order valence-electron chi connectivity index (χ3n) is 4.03. The quantitative estimate of drug-likeness (QED) is 0.520. The van der Waals surface area contributed by atoms with Crippen LogP contribution in [0.25, 0.3) is 6.08 Å². The number of allylic oxidation sites excluding steroid dienone is 2. The average Bonchev–Trinajstić information content (AvgIpc) is 2.65. The highest BCUT2D eigenvalue weighted by atomic mass is 16.4. The average molecular weight is 363 g/mol. The van der Waals surface area contributed by atoms with Gasteiger partial charge >= 0.3 is 5.97 Å². The predicted molar refractivity (Wildman–Crippen MR) is 110 cm³/mol. The fourth-order valence-corrected chi connectivity index (χ4v) is 2.59. The lowest BCUT2D eigenvalue weighted by Gasteiger charge is -2.11. The number of anilines is 1. The molecule has 0 bridgehead atoms. The van der Waals surface area contributed by atoms with Crippen molar-refractivity contribution in [1.82, 2.24) is 0 Å². The van der Waals surface area contributed by atoms with Crippen LogP contribution in [-0.2, 0) is 22.4 Å². The number of carbonyl (C=O) groups is 2. The number of aliphatic carboxylic acids is 1. The molecule has 0 aromatic heterocycles. The van der Waals surface area contributed by atoms with E-state index in [0.29, 0.717) is 24.1 Å². The Balaban J connectivity index is 2.12. The van der Waals surface area contributed by atoms with Crippen LogP contribution < -0.4 is 5.32 Å². The zero-order chi connectivity index (χ0) is 19.6. The van der Waals surface area contributed by atoms with Gasteiger partial charge in [-0.1, -0.05) is 48.0 Å². The zero-order valence-electron chi connectivity index (χ0n) is 15.7. The summed E-state index contributed by atoms with van der Waals surface area (Å²) in [6.07, 6.45) is 6.49. The van der Waals surface area contributed by atoms with Crippen molar-refractivity contribution in [2.75, 3.05) is 5.32 Å². The van der Waals surface area contributed by atoms with Gasteiger partial charge in [-0.15, -0.1) is 0 Å². The predicted octanol–water partition coefficient (Wildman–Crippen LogP) is 4.86. The van der Waals surface area contributed by atoms with Gasteiger partial charge in [-0.2, -0.15) is 0 Å². The van der Waals surface area contributed by atoms with E-state index in [9.17, 15) is 9.59 Å². The van der Waals surface area contributed by atoms with Crippen molar-refractivity contribution in [3.63, 3.8) is 0 Å². The molecule has 0 aliphatic carbocycles. The molecule has 4 heteroatoms. The van der Waals surface area contributed by atoms with Crippen LogP contribution in [-0.4, -0.2) is 17.0 Å². The monoisotopic (exact) mass is 363 g/mol. The van der Waals surface area contributed by atoms with Gasteiger partial charge in [0.25, 0.3) is 0 Å². The van der Waals surface area contributed by atoms with E-state index in [1.54, 1.807) is 0 Å². The van der Waals surface area contributed by atoms with Crippen LogP contribution in [0.5, 0.6) is 0 Å². The van der Waals surface area contributed by atoms with E-state index in [2.05, 4.69) is 11.4 Å². The number of carbonyl (C=O) groups excluding carboxylic acids is 1. The first-order chi connectivity index (χ1) is 12.9. The Kier molecular flexibility index (Phi) is 7.56. The van der Waals surface area contributed by atoms with Gasteiger partial charge in [0.05, 0.1) is 0 Å². The van der Waals surface area contributed by atoms with Crippen molar-refractivity contribution in [2.24, 2.45) is 0 Å². The van der Waals surface area contributed by atoms with E-state index >= 15 is 0 Å². The number of amides is 1. The number of aryl methyl sites for hydroxylation is 1. The number of hydrogen-bond acceptors (Lipinski definition) is 2. The summed E-state index contributed by atoms with van der Waals surface area (Å²) in [5.41, 5.74) is 4.69. The Morgan fingerprint density at radius 2 is 1.78 bits per heavy atom. The SMILES string of the molecule is CC(C)=CCc1ccc(NC(=O)CCc2ccccc2)c(/C=C/C(=O)O)c1. The molecular formula is C23H25NO3. The highest BCUT2D eigenvalue weighted by Crippen LogP contribution is 2.21. The molecule has 2 aromatic rings. The lowest BCUT2D eigenvalue weighted by Crippen LogP contribution is -2.13. The first-order valence-electron chi connectivity index (χ1n) is 8.95. The molecule has 27 heavy (non-hydrogen) atoms. The molecular weight excluding hydrogens is 338 g/mol.